The Labute approximate surface area is 122 Å². The quantitative estimate of drug-likeness (QED) is 0.787. The fraction of sp³-hybridized carbons (Fsp3) is 0.867. The number of nitrogens with one attached hydrogen (secondary N) is 1. The van der Waals surface area contributed by atoms with Crippen LogP contribution in [0.4, 0.5) is 4.79 Å². The molecule has 0 spiro atoms. The topological polar surface area (TPSA) is 64.6 Å². The summed E-state index contributed by atoms with van der Waals surface area (Å²) in [5.74, 6) is -0.248. The van der Waals surface area contributed by atoms with Gasteiger partial charge in [0.2, 0.25) is 0 Å². The average Bonchev–Trinajstić information content (AvgIpc) is 2.18. The van der Waals surface area contributed by atoms with Gasteiger partial charge in [0, 0.05) is 12.5 Å². The predicted molar refractivity (Wildman–Crippen MR) is 78.5 cm³/mol. The van der Waals surface area contributed by atoms with Crippen LogP contribution in [0.5, 0.6) is 0 Å². The second kappa shape index (κ2) is 7.50. The van der Waals surface area contributed by atoms with E-state index in [1.807, 2.05) is 48.5 Å². The number of alkyl carbamates (subject to hydrolysis) is 1. The van der Waals surface area contributed by atoms with E-state index in [4.69, 9.17) is 9.47 Å². The first-order valence-corrected chi connectivity index (χ1v) is 7.14. The number of carbonyl (C=O) groups excluding carboxylic acids is 2. The molecule has 0 rings (SSSR count). The smallest absolute Gasteiger partial charge is 0.407 e. The van der Waals surface area contributed by atoms with Gasteiger partial charge in [-0.05, 0) is 54.4 Å². The van der Waals surface area contributed by atoms with Crippen LogP contribution >= 0.6 is 0 Å². The number of rotatable bonds is 5. The van der Waals surface area contributed by atoms with Crippen molar-refractivity contribution < 1.29 is 19.1 Å². The number of esters is 1. The molecule has 0 aromatic carbocycles. The highest BCUT2D eigenvalue weighted by Gasteiger charge is 2.21. The minimum Gasteiger partial charge on any atom is -0.460 e. The van der Waals surface area contributed by atoms with Crippen LogP contribution in [0, 0.1) is 0 Å². The van der Waals surface area contributed by atoms with E-state index in [9.17, 15) is 9.59 Å². The number of hydrogen-bond donors (Lipinski definition) is 1. The lowest BCUT2D eigenvalue weighted by molar-refractivity contribution is -0.155. The summed E-state index contributed by atoms with van der Waals surface area (Å²) in [6, 6.07) is -0.0858. The summed E-state index contributed by atoms with van der Waals surface area (Å²) in [7, 11) is 0. The maximum atomic E-state index is 11.7. The van der Waals surface area contributed by atoms with Gasteiger partial charge in [0.15, 0.2) is 0 Å². The van der Waals surface area contributed by atoms with Gasteiger partial charge in [-0.25, -0.2) is 4.79 Å². The highest BCUT2D eigenvalue weighted by Crippen LogP contribution is 2.12. The highest BCUT2D eigenvalue weighted by atomic mass is 16.6. The molecule has 0 bridgehead atoms. The summed E-state index contributed by atoms with van der Waals surface area (Å²) in [4.78, 5) is 23.3. The largest absolute Gasteiger partial charge is 0.460 e. The van der Waals surface area contributed by atoms with Gasteiger partial charge in [-0.15, -0.1) is 0 Å². The van der Waals surface area contributed by atoms with E-state index in [0.29, 0.717) is 6.42 Å². The Morgan fingerprint density at radius 1 is 1.00 bits per heavy atom. The molecule has 1 unspecified atom stereocenters. The zero-order valence-corrected chi connectivity index (χ0v) is 13.8. The van der Waals surface area contributed by atoms with Gasteiger partial charge in [-0.2, -0.15) is 0 Å². The lowest BCUT2D eigenvalue weighted by atomic mass is 10.1. The summed E-state index contributed by atoms with van der Waals surface area (Å²) < 4.78 is 10.4. The Morgan fingerprint density at radius 2 is 1.50 bits per heavy atom. The SMILES string of the molecule is CCC(CCC(=O)OC(C)(C)C)NC(=O)OC(C)(C)C. The molecule has 0 aromatic rings. The van der Waals surface area contributed by atoms with Crippen molar-refractivity contribution in [1.29, 1.82) is 0 Å². The molecular formula is C15H29NO4. The standard InChI is InChI=1S/C15H29NO4/c1-8-11(16-13(18)20-15(5,6)7)9-10-12(17)19-14(2,3)4/h11H,8-10H2,1-7H3,(H,16,18). The lowest BCUT2D eigenvalue weighted by Crippen LogP contribution is -2.39. The Bertz CT molecular complexity index is 326. The molecule has 0 radical (unpaired) electrons. The normalized spacial score (nSPS) is 13.6. The molecule has 5 nitrogen and oxygen atoms in total. The molecule has 5 heteroatoms. The summed E-state index contributed by atoms with van der Waals surface area (Å²) in [5, 5.41) is 2.77. The molecule has 1 N–H and O–H groups in total. The molecule has 1 atom stereocenters. The van der Waals surface area contributed by atoms with Crippen molar-refractivity contribution in [3.8, 4) is 0 Å². The molecule has 0 aliphatic heterocycles. The van der Waals surface area contributed by atoms with Crippen molar-refractivity contribution >= 4 is 12.1 Å². The molecule has 1 amide bonds. The second-order valence-corrected chi connectivity index (χ2v) is 6.88. The third-order valence-corrected chi connectivity index (χ3v) is 2.33. The van der Waals surface area contributed by atoms with Crippen LogP contribution in [-0.4, -0.2) is 29.3 Å². The van der Waals surface area contributed by atoms with Gasteiger partial charge in [0.05, 0.1) is 0 Å². The molecule has 0 aliphatic rings. The maximum absolute atomic E-state index is 11.7. The molecule has 0 aromatic heterocycles. The summed E-state index contributed by atoms with van der Waals surface area (Å²) >= 11 is 0. The number of carbonyl (C=O) groups is 2. The molecule has 0 aliphatic carbocycles. The number of hydrogen-bond acceptors (Lipinski definition) is 4. The Hall–Kier alpha value is -1.26. The highest BCUT2D eigenvalue weighted by molar-refractivity contribution is 5.70. The van der Waals surface area contributed by atoms with Gasteiger partial charge in [-0.1, -0.05) is 6.92 Å². The number of ether oxygens (including phenoxy) is 2. The van der Waals surface area contributed by atoms with Crippen LogP contribution in [0.15, 0.2) is 0 Å². The summed E-state index contributed by atoms with van der Waals surface area (Å²) in [6.45, 7) is 12.9. The van der Waals surface area contributed by atoms with Gasteiger partial charge >= 0.3 is 12.1 Å². The zero-order chi connectivity index (χ0) is 16.0. The first-order chi connectivity index (χ1) is 8.93. The lowest BCUT2D eigenvalue weighted by Gasteiger charge is -2.23. The molecule has 0 saturated heterocycles. The van der Waals surface area contributed by atoms with Gasteiger partial charge in [0.25, 0.3) is 0 Å². The Morgan fingerprint density at radius 3 is 1.90 bits per heavy atom. The van der Waals surface area contributed by atoms with Crippen molar-refractivity contribution in [2.45, 2.75) is 85.0 Å². The first-order valence-electron chi connectivity index (χ1n) is 7.14. The Balaban J connectivity index is 4.17. The number of amides is 1. The van der Waals surface area contributed by atoms with E-state index in [2.05, 4.69) is 5.32 Å². The second-order valence-electron chi connectivity index (χ2n) is 6.88. The van der Waals surface area contributed by atoms with Gasteiger partial charge < -0.3 is 14.8 Å². The fourth-order valence-corrected chi connectivity index (χ4v) is 1.54. The third-order valence-electron chi connectivity index (χ3n) is 2.33. The van der Waals surface area contributed by atoms with Crippen LogP contribution in [-0.2, 0) is 14.3 Å². The average molecular weight is 287 g/mol. The molecule has 0 heterocycles. The summed E-state index contributed by atoms with van der Waals surface area (Å²) in [6.07, 6.45) is 1.12. The van der Waals surface area contributed by atoms with Crippen molar-refractivity contribution in [3.05, 3.63) is 0 Å². The maximum Gasteiger partial charge on any atom is 0.407 e. The van der Waals surface area contributed by atoms with Gasteiger partial charge in [-0.3, -0.25) is 4.79 Å². The monoisotopic (exact) mass is 287 g/mol. The molecule has 20 heavy (non-hydrogen) atoms. The van der Waals surface area contributed by atoms with E-state index in [0.717, 1.165) is 6.42 Å². The van der Waals surface area contributed by atoms with E-state index in [-0.39, 0.29) is 18.4 Å². The minimum atomic E-state index is -0.520. The van der Waals surface area contributed by atoms with Crippen molar-refractivity contribution in [1.82, 2.24) is 5.32 Å². The molecular weight excluding hydrogens is 258 g/mol. The van der Waals surface area contributed by atoms with E-state index in [1.165, 1.54) is 0 Å². The van der Waals surface area contributed by atoms with Crippen LogP contribution in [0.3, 0.4) is 0 Å². The van der Waals surface area contributed by atoms with Crippen LogP contribution in [0.2, 0.25) is 0 Å². The van der Waals surface area contributed by atoms with Crippen molar-refractivity contribution in [3.63, 3.8) is 0 Å². The molecule has 118 valence electrons. The predicted octanol–water partition coefficient (Wildman–Crippen LogP) is 3.41. The molecule has 0 saturated carbocycles. The van der Waals surface area contributed by atoms with Crippen LogP contribution in [0.25, 0.3) is 0 Å². The van der Waals surface area contributed by atoms with E-state index in [1.54, 1.807) is 0 Å². The van der Waals surface area contributed by atoms with Crippen LogP contribution < -0.4 is 5.32 Å². The van der Waals surface area contributed by atoms with E-state index >= 15 is 0 Å². The first kappa shape index (κ1) is 18.7. The fourth-order valence-electron chi connectivity index (χ4n) is 1.54. The third kappa shape index (κ3) is 10.6. The Kier molecular flexibility index (Phi) is 7.03. The summed E-state index contributed by atoms with van der Waals surface area (Å²) in [5.41, 5.74) is -0.995. The van der Waals surface area contributed by atoms with Crippen molar-refractivity contribution in [2.24, 2.45) is 0 Å². The zero-order valence-electron chi connectivity index (χ0n) is 13.8. The minimum absolute atomic E-state index is 0.0858. The molecule has 0 fully saturated rings. The van der Waals surface area contributed by atoms with Crippen LogP contribution in [0.1, 0.15) is 67.7 Å². The van der Waals surface area contributed by atoms with Gasteiger partial charge in [0.1, 0.15) is 11.2 Å². The van der Waals surface area contributed by atoms with Crippen molar-refractivity contribution in [2.75, 3.05) is 0 Å². The van der Waals surface area contributed by atoms with E-state index < -0.39 is 17.3 Å².